The van der Waals surface area contributed by atoms with E-state index >= 15 is 0 Å². The molecule has 0 unspecified atom stereocenters. The number of benzene rings is 2. The second-order valence-electron chi connectivity index (χ2n) is 4.69. The molecular formula is C18H15NO. The van der Waals surface area contributed by atoms with E-state index < -0.39 is 0 Å². The van der Waals surface area contributed by atoms with Gasteiger partial charge in [-0.3, -0.25) is 4.79 Å². The molecule has 1 aromatic heterocycles. The molecule has 0 radical (unpaired) electrons. The summed E-state index contributed by atoms with van der Waals surface area (Å²) < 4.78 is 1.81. The SMILES string of the molecule is O=c1cccc(-c2ccccc2)n1Cc1ccccc1. The Hall–Kier alpha value is -2.61. The van der Waals surface area contributed by atoms with E-state index in [1.807, 2.05) is 77.4 Å². The van der Waals surface area contributed by atoms with E-state index in [2.05, 4.69) is 0 Å². The van der Waals surface area contributed by atoms with Gasteiger partial charge in [-0.25, -0.2) is 0 Å². The lowest BCUT2D eigenvalue weighted by Gasteiger charge is -2.12. The minimum absolute atomic E-state index is 0.0233. The van der Waals surface area contributed by atoms with Crippen molar-refractivity contribution in [3.63, 3.8) is 0 Å². The van der Waals surface area contributed by atoms with Gasteiger partial charge in [-0.15, -0.1) is 0 Å². The molecule has 1 heterocycles. The van der Waals surface area contributed by atoms with Gasteiger partial charge >= 0.3 is 0 Å². The van der Waals surface area contributed by atoms with Crippen LogP contribution in [0.1, 0.15) is 5.56 Å². The first kappa shape index (κ1) is 12.4. The fourth-order valence-electron chi connectivity index (χ4n) is 2.31. The van der Waals surface area contributed by atoms with Crippen LogP contribution in [-0.2, 0) is 6.54 Å². The summed E-state index contributed by atoms with van der Waals surface area (Å²) >= 11 is 0. The molecule has 0 aliphatic heterocycles. The Morgan fingerprint density at radius 2 is 1.35 bits per heavy atom. The molecule has 0 aliphatic carbocycles. The molecule has 98 valence electrons. The minimum atomic E-state index is 0.0233. The molecule has 0 amide bonds. The van der Waals surface area contributed by atoms with Crippen LogP contribution in [-0.4, -0.2) is 4.57 Å². The molecule has 20 heavy (non-hydrogen) atoms. The molecule has 2 nitrogen and oxygen atoms in total. The van der Waals surface area contributed by atoms with Gasteiger partial charge in [-0.2, -0.15) is 0 Å². The zero-order valence-electron chi connectivity index (χ0n) is 11.1. The largest absolute Gasteiger partial charge is 0.304 e. The molecule has 0 saturated carbocycles. The third kappa shape index (κ3) is 2.54. The summed E-state index contributed by atoms with van der Waals surface area (Å²) in [5, 5.41) is 0. The van der Waals surface area contributed by atoms with E-state index in [1.54, 1.807) is 6.07 Å². The van der Waals surface area contributed by atoms with Gasteiger partial charge in [0.05, 0.1) is 12.2 Å². The maximum absolute atomic E-state index is 12.2. The number of pyridine rings is 1. The molecule has 0 saturated heterocycles. The van der Waals surface area contributed by atoms with E-state index in [4.69, 9.17) is 0 Å². The highest BCUT2D eigenvalue weighted by molar-refractivity contribution is 5.59. The maximum atomic E-state index is 12.2. The Labute approximate surface area is 118 Å². The van der Waals surface area contributed by atoms with Gasteiger partial charge in [0.15, 0.2) is 0 Å². The summed E-state index contributed by atoms with van der Waals surface area (Å²) in [7, 11) is 0. The first-order chi connectivity index (χ1) is 9.84. The standard InChI is InChI=1S/C18H15NO/c20-18-13-7-12-17(16-10-5-2-6-11-16)19(18)14-15-8-3-1-4-9-15/h1-13H,14H2. The van der Waals surface area contributed by atoms with Gasteiger partial charge in [0.2, 0.25) is 0 Å². The summed E-state index contributed by atoms with van der Waals surface area (Å²) in [5.41, 5.74) is 3.15. The highest BCUT2D eigenvalue weighted by Gasteiger charge is 2.06. The number of hydrogen-bond acceptors (Lipinski definition) is 1. The average molecular weight is 261 g/mol. The Kier molecular flexibility index (Phi) is 3.46. The van der Waals surface area contributed by atoms with Crippen LogP contribution < -0.4 is 5.56 Å². The van der Waals surface area contributed by atoms with Gasteiger partial charge in [-0.1, -0.05) is 66.7 Å². The van der Waals surface area contributed by atoms with E-state index in [0.29, 0.717) is 6.54 Å². The Morgan fingerprint density at radius 1 is 0.700 bits per heavy atom. The summed E-state index contributed by atoms with van der Waals surface area (Å²) in [6.07, 6.45) is 0. The molecule has 0 spiro atoms. The van der Waals surface area contributed by atoms with Crippen molar-refractivity contribution >= 4 is 0 Å². The number of rotatable bonds is 3. The molecule has 0 atom stereocenters. The fourth-order valence-corrected chi connectivity index (χ4v) is 2.31. The van der Waals surface area contributed by atoms with Crippen LogP contribution in [0.5, 0.6) is 0 Å². The lowest BCUT2D eigenvalue weighted by atomic mass is 10.1. The van der Waals surface area contributed by atoms with Crippen molar-refractivity contribution in [1.82, 2.24) is 4.57 Å². The van der Waals surface area contributed by atoms with Crippen molar-refractivity contribution in [2.24, 2.45) is 0 Å². The average Bonchev–Trinajstić information content (AvgIpc) is 2.51. The molecule has 3 rings (SSSR count). The quantitative estimate of drug-likeness (QED) is 0.706. The fraction of sp³-hybridized carbons (Fsp3) is 0.0556. The van der Waals surface area contributed by atoms with Crippen LogP contribution in [0, 0.1) is 0 Å². The predicted octanol–water partition coefficient (Wildman–Crippen LogP) is 3.56. The number of aromatic nitrogens is 1. The van der Waals surface area contributed by atoms with Gasteiger partial charge in [0.1, 0.15) is 0 Å². The summed E-state index contributed by atoms with van der Waals surface area (Å²) in [6.45, 7) is 0.588. The van der Waals surface area contributed by atoms with Crippen LogP contribution >= 0.6 is 0 Å². The van der Waals surface area contributed by atoms with E-state index in [0.717, 1.165) is 16.8 Å². The predicted molar refractivity (Wildman–Crippen MR) is 81.7 cm³/mol. The molecule has 2 aromatic carbocycles. The number of nitrogens with zero attached hydrogens (tertiary/aromatic N) is 1. The van der Waals surface area contributed by atoms with Crippen molar-refractivity contribution in [3.05, 3.63) is 94.8 Å². The Bertz CT molecular complexity index is 745. The van der Waals surface area contributed by atoms with Crippen LogP contribution in [0.3, 0.4) is 0 Å². The van der Waals surface area contributed by atoms with Crippen molar-refractivity contribution in [3.8, 4) is 11.3 Å². The zero-order chi connectivity index (χ0) is 13.8. The summed E-state index contributed by atoms with van der Waals surface area (Å²) in [4.78, 5) is 12.2. The lowest BCUT2D eigenvalue weighted by Crippen LogP contribution is -2.21. The summed E-state index contributed by atoms with van der Waals surface area (Å²) in [5.74, 6) is 0. The molecule has 0 aliphatic rings. The Balaban J connectivity index is 2.09. The van der Waals surface area contributed by atoms with E-state index in [1.165, 1.54) is 0 Å². The first-order valence-corrected chi connectivity index (χ1v) is 6.64. The van der Waals surface area contributed by atoms with Gasteiger partial charge < -0.3 is 4.57 Å². The lowest BCUT2D eigenvalue weighted by molar-refractivity contribution is 0.768. The van der Waals surface area contributed by atoms with Gasteiger partial charge in [0, 0.05) is 6.07 Å². The number of hydrogen-bond donors (Lipinski definition) is 0. The van der Waals surface area contributed by atoms with E-state index in [-0.39, 0.29) is 5.56 Å². The smallest absolute Gasteiger partial charge is 0.251 e. The Morgan fingerprint density at radius 3 is 2.05 bits per heavy atom. The first-order valence-electron chi connectivity index (χ1n) is 6.64. The zero-order valence-corrected chi connectivity index (χ0v) is 11.1. The monoisotopic (exact) mass is 261 g/mol. The molecule has 0 fully saturated rings. The maximum Gasteiger partial charge on any atom is 0.251 e. The third-order valence-corrected chi connectivity index (χ3v) is 3.30. The third-order valence-electron chi connectivity index (χ3n) is 3.30. The molecule has 0 N–H and O–H groups in total. The molecule has 3 aromatic rings. The summed E-state index contributed by atoms with van der Waals surface area (Å²) in [6, 6.07) is 25.4. The molecular weight excluding hydrogens is 246 g/mol. The molecule has 0 bridgehead atoms. The van der Waals surface area contributed by atoms with Crippen LogP contribution in [0.25, 0.3) is 11.3 Å². The van der Waals surface area contributed by atoms with Crippen molar-refractivity contribution in [2.45, 2.75) is 6.54 Å². The van der Waals surface area contributed by atoms with Crippen LogP contribution in [0.15, 0.2) is 83.7 Å². The second kappa shape index (κ2) is 5.57. The molecule has 2 heteroatoms. The van der Waals surface area contributed by atoms with Gasteiger partial charge in [0.25, 0.3) is 5.56 Å². The van der Waals surface area contributed by atoms with Crippen molar-refractivity contribution in [1.29, 1.82) is 0 Å². The normalized spacial score (nSPS) is 10.4. The topological polar surface area (TPSA) is 22.0 Å². The van der Waals surface area contributed by atoms with Gasteiger partial charge in [-0.05, 0) is 17.2 Å². The van der Waals surface area contributed by atoms with E-state index in [9.17, 15) is 4.79 Å². The van der Waals surface area contributed by atoms with Crippen molar-refractivity contribution < 1.29 is 0 Å². The van der Waals surface area contributed by atoms with Crippen LogP contribution in [0.4, 0.5) is 0 Å². The highest BCUT2D eigenvalue weighted by Crippen LogP contribution is 2.18. The second-order valence-corrected chi connectivity index (χ2v) is 4.69. The minimum Gasteiger partial charge on any atom is -0.304 e. The van der Waals surface area contributed by atoms with Crippen molar-refractivity contribution in [2.75, 3.05) is 0 Å². The highest BCUT2D eigenvalue weighted by atomic mass is 16.1. The van der Waals surface area contributed by atoms with Crippen LogP contribution in [0.2, 0.25) is 0 Å².